The maximum Gasteiger partial charge on any atom is 0.305 e. The van der Waals surface area contributed by atoms with Crippen molar-refractivity contribution < 1.29 is 24.5 Å². The lowest BCUT2D eigenvalue weighted by molar-refractivity contribution is -0.143. The Morgan fingerprint density at radius 1 is 0.370 bits per heavy atom. The van der Waals surface area contributed by atoms with E-state index in [0.717, 1.165) is 44.9 Å². The number of hydrogen-bond acceptors (Lipinski definition) is 5. The first kappa shape index (κ1) is 71.6. The molecule has 0 aromatic heterocycles. The van der Waals surface area contributed by atoms with Crippen LogP contribution in [0.2, 0.25) is 0 Å². The van der Waals surface area contributed by atoms with Gasteiger partial charge in [-0.2, -0.15) is 0 Å². The van der Waals surface area contributed by atoms with Crippen molar-refractivity contribution in [3.8, 4) is 0 Å². The number of unbranched alkanes of at least 4 members (excludes halogenated alkanes) is 50. The normalized spacial score (nSPS) is 12.5. The number of hydrogen-bond donors (Lipinski definition) is 3. The second-order valence-corrected chi connectivity index (χ2v) is 23.2. The zero-order chi connectivity index (χ0) is 52.9. The summed E-state index contributed by atoms with van der Waals surface area (Å²) in [6, 6.07) is -0.538. The second-order valence-electron chi connectivity index (χ2n) is 23.2. The lowest BCUT2D eigenvalue weighted by Crippen LogP contribution is -2.45. The van der Waals surface area contributed by atoms with Crippen LogP contribution in [0.4, 0.5) is 0 Å². The molecule has 0 heterocycles. The second kappa shape index (κ2) is 63.1. The number of aliphatic hydroxyl groups excluding tert-OH is 2. The van der Waals surface area contributed by atoms with Gasteiger partial charge in [0.15, 0.2) is 0 Å². The highest BCUT2D eigenvalue weighted by Gasteiger charge is 2.20. The molecular formula is C67H131NO5. The van der Waals surface area contributed by atoms with Gasteiger partial charge >= 0.3 is 5.97 Å². The van der Waals surface area contributed by atoms with Crippen LogP contribution in [0.3, 0.4) is 0 Å². The number of esters is 1. The number of carbonyl (C=O) groups excluding carboxylic acids is 2. The highest BCUT2D eigenvalue weighted by Crippen LogP contribution is 2.19. The van der Waals surface area contributed by atoms with Gasteiger partial charge in [0.2, 0.25) is 5.91 Å². The SMILES string of the molecule is CCCCCCC/C=C\CCCCCCCC(=O)OCCCCCCCCCCCCCCCCCCCCCCCCCCCCCCC(=O)NC(CO)C(O)CCCCCCCCCCCCCCCC. The van der Waals surface area contributed by atoms with Crippen LogP contribution >= 0.6 is 0 Å². The Morgan fingerprint density at radius 2 is 0.644 bits per heavy atom. The monoisotopic (exact) mass is 1030 g/mol. The molecule has 0 fully saturated rings. The van der Waals surface area contributed by atoms with E-state index < -0.39 is 12.1 Å². The number of amides is 1. The lowest BCUT2D eigenvalue weighted by Gasteiger charge is -2.22. The number of nitrogens with one attached hydrogen (secondary N) is 1. The topological polar surface area (TPSA) is 95.9 Å². The molecule has 0 aliphatic rings. The Morgan fingerprint density at radius 3 is 0.973 bits per heavy atom. The van der Waals surface area contributed by atoms with Gasteiger partial charge in [-0.3, -0.25) is 9.59 Å². The molecule has 0 aromatic rings. The first-order valence-electron chi connectivity index (χ1n) is 33.4. The van der Waals surface area contributed by atoms with Gasteiger partial charge in [-0.25, -0.2) is 0 Å². The minimum absolute atomic E-state index is 0.0110. The van der Waals surface area contributed by atoms with Crippen molar-refractivity contribution in [2.75, 3.05) is 13.2 Å². The van der Waals surface area contributed by atoms with Crippen molar-refractivity contribution in [3.63, 3.8) is 0 Å². The molecule has 0 saturated carbocycles. The van der Waals surface area contributed by atoms with Crippen molar-refractivity contribution in [2.45, 2.75) is 392 Å². The average Bonchev–Trinajstić information content (AvgIpc) is 3.39. The smallest absolute Gasteiger partial charge is 0.305 e. The van der Waals surface area contributed by atoms with E-state index >= 15 is 0 Å². The van der Waals surface area contributed by atoms with Crippen molar-refractivity contribution in [3.05, 3.63) is 12.2 Å². The fourth-order valence-electron chi connectivity index (χ4n) is 10.7. The molecule has 6 heteroatoms. The molecule has 2 unspecified atom stereocenters. The molecule has 3 N–H and O–H groups in total. The molecule has 0 aliphatic heterocycles. The summed E-state index contributed by atoms with van der Waals surface area (Å²) in [6.07, 6.45) is 76.8. The van der Waals surface area contributed by atoms with E-state index in [1.54, 1.807) is 0 Å². The van der Waals surface area contributed by atoms with Crippen molar-refractivity contribution >= 4 is 11.9 Å². The highest BCUT2D eigenvalue weighted by molar-refractivity contribution is 5.76. The van der Waals surface area contributed by atoms with Gasteiger partial charge < -0.3 is 20.3 Å². The maximum absolute atomic E-state index is 12.5. The standard InChI is InChI=1S/C67H131NO5/c1-3-5-7-9-11-13-15-17-35-39-43-47-51-55-59-65(70)64(63-69)68-66(71)60-56-52-48-44-40-36-33-31-29-27-25-23-21-19-20-22-24-26-28-30-32-34-38-42-46-50-54-58-62-73-67(72)61-57-53-49-45-41-37-18-16-14-12-10-8-6-4-2/h16,18,64-65,69-70H,3-15,17,19-63H2,1-2H3,(H,68,71)/b18-16-. The van der Waals surface area contributed by atoms with E-state index in [0.29, 0.717) is 25.9 Å². The summed E-state index contributed by atoms with van der Waals surface area (Å²) in [7, 11) is 0. The van der Waals surface area contributed by atoms with E-state index in [1.165, 1.54) is 302 Å². The molecule has 73 heavy (non-hydrogen) atoms. The minimum atomic E-state index is -0.661. The summed E-state index contributed by atoms with van der Waals surface area (Å²) in [5.74, 6) is -0.0183. The van der Waals surface area contributed by atoms with Crippen LogP contribution in [0, 0.1) is 0 Å². The molecule has 6 nitrogen and oxygen atoms in total. The third kappa shape index (κ3) is 59.7. The molecule has 0 aromatic carbocycles. The van der Waals surface area contributed by atoms with Crippen molar-refractivity contribution in [2.24, 2.45) is 0 Å². The van der Waals surface area contributed by atoms with Gasteiger partial charge in [-0.15, -0.1) is 0 Å². The molecule has 1 amide bonds. The fourth-order valence-corrected chi connectivity index (χ4v) is 10.7. The third-order valence-electron chi connectivity index (χ3n) is 15.8. The van der Waals surface area contributed by atoms with Gasteiger partial charge in [-0.1, -0.05) is 328 Å². The predicted molar refractivity (Wildman–Crippen MR) is 320 cm³/mol. The molecule has 0 bridgehead atoms. The van der Waals surface area contributed by atoms with Crippen LogP contribution in [0.1, 0.15) is 380 Å². The summed E-state index contributed by atoms with van der Waals surface area (Å²) >= 11 is 0. The quantitative estimate of drug-likeness (QED) is 0.0320. The van der Waals surface area contributed by atoms with E-state index in [2.05, 4.69) is 31.3 Å². The molecule has 2 atom stereocenters. The van der Waals surface area contributed by atoms with Crippen molar-refractivity contribution in [1.29, 1.82) is 0 Å². The largest absolute Gasteiger partial charge is 0.466 e. The summed E-state index contributed by atoms with van der Waals surface area (Å²) < 4.78 is 5.49. The first-order chi connectivity index (χ1) is 36.0. The molecule has 0 saturated heterocycles. The fraction of sp³-hybridized carbons (Fsp3) is 0.940. The molecular weight excluding hydrogens is 899 g/mol. The first-order valence-corrected chi connectivity index (χ1v) is 33.4. The van der Waals surface area contributed by atoms with E-state index in [4.69, 9.17) is 4.74 Å². The van der Waals surface area contributed by atoms with Gasteiger partial charge in [0.05, 0.1) is 25.4 Å². The van der Waals surface area contributed by atoms with Crippen LogP contribution in [0.15, 0.2) is 12.2 Å². The highest BCUT2D eigenvalue weighted by atomic mass is 16.5. The van der Waals surface area contributed by atoms with E-state index in [1.807, 2.05) is 0 Å². The average molecular weight is 1030 g/mol. The Balaban J connectivity index is 3.33. The van der Waals surface area contributed by atoms with Gasteiger partial charge in [0, 0.05) is 12.8 Å². The van der Waals surface area contributed by atoms with E-state index in [-0.39, 0.29) is 18.5 Å². The van der Waals surface area contributed by atoms with Gasteiger partial charge in [0.25, 0.3) is 0 Å². The number of aliphatic hydroxyl groups is 2. The zero-order valence-corrected chi connectivity index (χ0v) is 49.6. The lowest BCUT2D eigenvalue weighted by atomic mass is 10.0. The van der Waals surface area contributed by atoms with Gasteiger partial charge in [-0.05, 0) is 51.4 Å². The molecule has 0 spiro atoms. The molecule has 0 radical (unpaired) electrons. The Bertz CT molecular complexity index is 1100. The molecule has 434 valence electrons. The molecule has 0 rings (SSSR count). The van der Waals surface area contributed by atoms with Crippen LogP contribution in [-0.4, -0.2) is 47.4 Å². The van der Waals surface area contributed by atoms with Crippen molar-refractivity contribution in [1.82, 2.24) is 5.32 Å². The van der Waals surface area contributed by atoms with Crippen LogP contribution in [0.25, 0.3) is 0 Å². The summed E-state index contributed by atoms with van der Waals surface area (Å²) in [6.45, 7) is 4.97. The summed E-state index contributed by atoms with van der Waals surface area (Å²) in [4.78, 5) is 24.5. The molecule has 0 aliphatic carbocycles. The Labute approximate surface area is 457 Å². The van der Waals surface area contributed by atoms with Crippen LogP contribution in [-0.2, 0) is 14.3 Å². The van der Waals surface area contributed by atoms with Crippen LogP contribution in [0.5, 0.6) is 0 Å². The number of carbonyl (C=O) groups is 2. The van der Waals surface area contributed by atoms with E-state index in [9.17, 15) is 19.8 Å². The Kier molecular flexibility index (Phi) is 61.9. The number of rotatable bonds is 63. The maximum atomic E-state index is 12.5. The minimum Gasteiger partial charge on any atom is -0.466 e. The Hall–Kier alpha value is -1.40. The number of ether oxygens (including phenoxy) is 1. The predicted octanol–water partition coefficient (Wildman–Crippen LogP) is 21.2. The van der Waals surface area contributed by atoms with Gasteiger partial charge in [0.1, 0.15) is 0 Å². The zero-order valence-electron chi connectivity index (χ0n) is 49.6. The number of allylic oxidation sites excluding steroid dienone is 2. The third-order valence-corrected chi connectivity index (χ3v) is 15.8. The summed E-state index contributed by atoms with van der Waals surface area (Å²) in [5, 5.41) is 23.3. The van der Waals surface area contributed by atoms with Crippen LogP contribution < -0.4 is 5.32 Å². The summed E-state index contributed by atoms with van der Waals surface area (Å²) in [5.41, 5.74) is 0.